The van der Waals surface area contributed by atoms with Crippen LogP contribution in [0.15, 0.2) is 36.4 Å². The maximum absolute atomic E-state index is 12.7. The lowest BCUT2D eigenvalue weighted by Crippen LogP contribution is -2.57. The molecule has 1 saturated heterocycles. The number of phenols is 1. The lowest BCUT2D eigenvalue weighted by molar-refractivity contribution is -0.276. The number of hydrogen-bond acceptors (Lipinski definition) is 9. The summed E-state index contributed by atoms with van der Waals surface area (Å²) < 4.78 is 10.5. The van der Waals surface area contributed by atoms with E-state index >= 15 is 0 Å². The fourth-order valence-corrected chi connectivity index (χ4v) is 3.15. The second kappa shape index (κ2) is 6.95. The van der Waals surface area contributed by atoms with Crippen LogP contribution in [0.1, 0.15) is 17.3 Å². The van der Waals surface area contributed by atoms with Gasteiger partial charge in [0.25, 0.3) is 0 Å². The van der Waals surface area contributed by atoms with Crippen molar-refractivity contribution in [3.05, 3.63) is 42.0 Å². The number of aromatic nitrogens is 2. The number of nitrogens with zero attached hydrogens (tertiary/aromatic N) is 2. The van der Waals surface area contributed by atoms with E-state index in [0.717, 1.165) is 0 Å². The summed E-state index contributed by atoms with van der Waals surface area (Å²) in [5.41, 5.74) is 1.41. The standard InChI is InChI=1S/C19H18N2O7/c1-8-15(23)16(24)17(25)19(27-8)28-18(26)9-4-2-5-10-13(9)20-11-6-3-7-12(22)14(11)21-10/h2-8,15-17,19,22-25H,1H3/t8-,15-,16+,17+,19-/m1/s1. The summed E-state index contributed by atoms with van der Waals surface area (Å²) in [6, 6.07) is 9.45. The van der Waals surface area contributed by atoms with Gasteiger partial charge in [-0.25, -0.2) is 14.8 Å². The van der Waals surface area contributed by atoms with Crippen LogP contribution in [0.3, 0.4) is 0 Å². The molecule has 0 saturated carbocycles. The van der Waals surface area contributed by atoms with Crippen molar-refractivity contribution in [1.29, 1.82) is 0 Å². The average molecular weight is 386 g/mol. The molecule has 1 aromatic heterocycles. The molecule has 1 aliphatic rings. The smallest absolute Gasteiger partial charge is 0.342 e. The maximum atomic E-state index is 12.7. The van der Waals surface area contributed by atoms with E-state index in [1.807, 2.05) is 0 Å². The van der Waals surface area contributed by atoms with E-state index in [2.05, 4.69) is 9.97 Å². The molecule has 3 aromatic rings. The predicted molar refractivity (Wildman–Crippen MR) is 96.5 cm³/mol. The zero-order chi connectivity index (χ0) is 20.0. The Morgan fingerprint density at radius 3 is 2.36 bits per heavy atom. The molecule has 146 valence electrons. The Hall–Kier alpha value is -2.85. The molecule has 0 unspecified atom stereocenters. The van der Waals surface area contributed by atoms with Gasteiger partial charge in [0.15, 0.2) is 0 Å². The Kier molecular flexibility index (Phi) is 4.60. The highest BCUT2D eigenvalue weighted by molar-refractivity contribution is 6.03. The van der Waals surface area contributed by atoms with E-state index in [0.29, 0.717) is 16.6 Å². The molecule has 9 heteroatoms. The van der Waals surface area contributed by atoms with E-state index in [9.17, 15) is 25.2 Å². The first kappa shape index (κ1) is 18.5. The molecule has 4 rings (SSSR count). The molecule has 0 spiro atoms. The zero-order valence-corrected chi connectivity index (χ0v) is 14.8. The summed E-state index contributed by atoms with van der Waals surface area (Å²) >= 11 is 0. The number of ether oxygens (including phenoxy) is 2. The van der Waals surface area contributed by atoms with Gasteiger partial charge in [-0.3, -0.25) is 0 Å². The van der Waals surface area contributed by atoms with Crippen molar-refractivity contribution >= 4 is 28.0 Å². The maximum Gasteiger partial charge on any atom is 0.342 e. The van der Waals surface area contributed by atoms with Crippen LogP contribution >= 0.6 is 0 Å². The SMILES string of the molecule is C[C@H]1O[C@H](OC(=O)c2cccc3nc4c(O)cccc4nc23)[C@@H](O)[C@@H](O)[C@@H]1O. The highest BCUT2D eigenvalue weighted by Gasteiger charge is 2.44. The third-order valence-electron chi connectivity index (χ3n) is 4.72. The van der Waals surface area contributed by atoms with Gasteiger partial charge in [0.2, 0.25) is 6.29 Å². The van der Waals surface area contributed by atoms with Gasteiger partial charge in [-0.1, -0.05) is 12.1 Å². The molecule has 0 radical (unpaired) electrons. The molecule has 1 aliphatic heterocycles. The number of aliphatic hydroxyl groups excluding tert-OH is 3. The molecule has 0 bridgehead atoms. The third-order valence-corrected chi connectivity index (χ3v) is 4.72. The molecule has 0 aliphatic carbocycles. The minimum atomic E-state index is -1.60. The highest BCUT2D eigenvalue weighted by atomic mass is 16.7. The fourth-order valence-electron chi connectivity index (χ4n) is 3.15. The Balaban J connectivity index is 1.69. The number of carbonyl (C=O) groups is 1. The van der Waals surface area contributed by atoms with Crippen LogP contribution in [0.25, 0.3) is 22.1 Å². The van der Waals surface area contributed by atoms with Gasteiger partial charge in [-0.05, 0) is 31.2 Å². The third kappa shape index (κ3) is 3.04. The second-order valence-corrected chi connectivity index (χ2v) is 6.63. The topological polar surface area (TPSA) is 142 Å². The fraction of sp³-hybridized carbons (Fsp3) is 0.316. The number of aliphatic hydroxyl groups is 3. The van der Waals surface area contributed by atoms with Gasteiger partial charge in [-0.15, -0.1) is 0 Å². The van der Waals surface area contributed by atoms with Crippen LogP contribution in [-0.4, -0.2) is 67.1 Å². The number of hydrogen-bond donors (Lipinski definition) is 4. The minimum absolute atomic E-state index is 0.0276. The number of carbonyl (C=O) groups excluding carboxylic acids is 1. The van der Waals surface area contributed by atoms with Crippen LogP contribution in [0, 0.1) is 0 Å². The Morgan fingerprint density at radius 1 is 0.964 bits per heavy atom. The zero-order valence-electron chi connectivity index (χ0n) is 14.8. The molecular formula is C19H18N2O7. The summed E-state index contributed by atoms with van der Waals surface area (Å²) in [4.78, 5) is 21.4. The van der Waals surface area contributed by atoms with Gasteiger partial charge < -0.3 is 29.9 Å². The van der Waals surface area contributed by atoms with Crippen LogP contribution in [0.5, 0.6) is 5.75 Å². The number of phenolic OH excluding ortho intramolecular Hbond substituents is 1. The molecule has 1 fully saturated rings. The number of esters is 1. The van der Waals surface area contributed by atoms with E-state index in [1.165, 1.54) is 19.1 Å². The quantitative estimate of drug-likeness (QED) is 0.365. The number of fused-ring (bicyclic) bond motifs is 2. The Bertz CT molecular complexity index is 1060. The van der Waals surface area contributed by atoms with Crippen molar-refractivity contribution in [3.8, 4) is 5.75 Å². The first-order valence-electron chi connectivity index (χ1n) is 8.66. The van der Waals surface area contributed by atoms with Gasteiger partial charge in [0.05, 0.1) is 22.7 Å². The van der Waals surface area contributed by atoms with E-state index in [1.54, 1.807) is 24.3 Å². The first-order valence-corrected chi connectivity index (χ1v) is 8.66. The van der Waals surface area contributed by atoms with Crippen molar-refractivity contribution in [1.82, 2.24) is 9.97 Å². The molecule has 2 heterocycles. The minimum Gasteiger partial charge on any atom is -0.506 e. The molecule has 2 aromatic carbocycles. The van der Waals surface area contributed by atoms with Crippen molar-refractivity contribution < 1.29 is 34.7 Å². The molecule has 4 N–H and O–H groups in total. The van der Waals surface area contributed by atoms with E-state index < -0.39 is 36.7 Å². The summed E-state index contributed by atoms with van der Waals surface area (Å²) in [5, 5.41) is 39.6. The van der Waals surface area contributed by atoms with Crippen LogP contribution in [-0.2, 0) is 9.47 Å². The van der Waals surface area contributed by atoms with Crippen molar-refractivity contribution in [2.24, 2.45) is 0 Å². The van der Waals surface area contributed by atoms with Crippen molar-refractivity contribution in [3.63, 3.8) is 0 Å². The molecule has 5 atom stereocenters. The molecular weight excluding hydrogens is 368 g/mol. The van der Waals surface area contributed by atoms with Gasteiger partial charge >= 0.3 is 5.97 Å². The summed E-state index contributed by atoms with van der Waals surface area (Å²) in [6.45, 7) is 1.49. The number of para-hydroxylation sites is 2. The van der Waals surface area contributed by atoms with Crippen LogP contribution in [0.4, 0.5) is 0 Å². The van der Waals surface area contributed by atoms with Crippen LogP contribution in [0.2, 0.25) is 0 Å². The number of aromatic hydroxyl groups is 1. The predicted octanol–water partition coefficient (Wildman–Crippen LogP) is 0.473. The second-order valence-electron chi connectivity index (χ2n) is 6.63. The van der Waals surface area contributed by atoms with Gasteiger partial charge in [-0.2, -0.15) is 0 Å². The van der Waals surface area contributed by atoms with E-state index in [4.69, 9.17) is 9.47 Å². The largest absolute Gasteiger partial charge is 0.506 e. The van der Waals surface area contributed by atoms with Crippen molar-refractivity contribution in [2.45, 2.75) is 37.6 Å². The average Bonchev–Trinajstić information content (AvgIpc) is 2.69. The Labute approximate surface area is 158 Å². The van der Waals surface area contributed by atoms with E-state index in [-0.39, 0.29) is 16.8 Å². The summed E-state index contributed by atoms with van der Waals surface area (Å²) in [6.07, 6.45) is -6.70. The highest BCUT2D eigenvalue weighted by Crippen LogP contribution is 2.27. The van der Waals surface area contributed by atoms with Gasteiger partial charge in [0.1, 0.15) is 35.1 Å². The van der Waals surface area contributed by atoms with Crippen LogP contribution < -0.4 is 0 Å². The molecule has 0 amide bonds. The normalized spacial score (nSPS) is 27.8. The monoisotopic (exact) mass is 386 g/mol. The summed E-state index contributed by atoms with van der Waals surface area (Å²) in [7, 11) is 0. The molecule has 28 heavy (non-hydrogen) atoms. The number of benzene rings is 2. The van der Waals surface area contributed by atoms with Crippen molar-refractivity contribution in [2.75, 3.05) is 0 Å². The Morgan fingerprint density at radius 2 is 1.61 bits per heavy atom. The summed E-state index contributed by atoms with van der Waals surface area (Å²) in [5.74, 6) is -0.862. The van der Waals surface area contributed by atoms with Gasteiger partial charge in [0, 0.05) is 0 Å². The lowest BCUT2D eigenvalue weighted by Gasteiger charge is -2.38. The number of rotatable bonds is 2. The first-order chi connectivity index (χ1) is 13.4. The molecule has 9 nitrogen and oxygen atoms in total. The lowest BCUT2D eigenvalue weighted by atomic mass is 10.00.